The van der Waals surface area contributed by atoms with Gasteiger partial charge in [0.1, 0.15) is 5.82 Å². The van der Waals surface area contributed by atoms with Crippen LogP contribution in [0.25, 0.3) is 5.65 Å². The van der Waals surface area contributed by atoms with E-state index in [-0.39, 0.29) is 5.56 Å². The molecule has 3 aromatic rings. The molecule has 0 spiro atoms. The van der Waals surface area contributed by atoms with Gasteiger partial charge in [0.05, 0.1) is 11.9 Å². The van der Waals surface area contributed by atoms with Gasteiger partial charge in [-0.2, -0.15) is 9.61 Å². The van der Waals surface area contributed by atoms with Crippen LogP contribution in [-0.2, 0) is 0 Å². The van der Waals surface area contributed by atoms with Gasteiger partial charge in [-0.15, -0.1) is 0 Å². The number of aryl methyl sites for hydroxylation is 1. The summed E-state index contributed by atoms with van der Waals surface area (Å²) in [5.74, 6) is 2.24. The lowest BCUT2D eigenvalue weighted by Gasteiger charge is -2.36. The Hall–Kier alpha value is -2.90. The molecule has 0 unspecified atom stereocenters. The van der Waals surface area contributed by atoms with Crippen LogP contribution in [-0.4, -0.2) is 50.7 Å². The minimum absolute atomic E-state index is 0.0534. The Kier molecular flexibility index (Phi) is 3.44. The van der Waals surface area contributed by atoms with Gasteiger partial charge in [-0.25, -0.2) is 9.97 Å². The van der Waals surface area contributed by atoms with E-state index in [0.29, 0.717) is 11.9 Å². The molecule has 1 aliphatic heterocycles. The number of nitrogens with zero attached hydrogens (tertiary/aromatic N) is 6. The second-order valence-corrected chi connectivity index (χ2v) is 7.10. The summed E-state index contributed by atoms with van der Waals surface area (Å²) >= 11 is 0. The molecule has 2 aliphatic rings. The molecule has 5 rings (SSSR count). The maximum absolute atomic E-state index is 12.0. The Labute approximate surface area is 150 Å². The Morgan fingerprint density at radius 2 is 1.85 bits per heavy atom. The number of hydrogen-bond acceptors (Lipinski definition) is 6. The molecule has 8 nitrogen and oxygen atoms in total. The number of fused-ring (bicyclic) bond motifs is 1. The smallest absolute Gasteiger partial charge is 0.252 e. The first kappa shape index (κ1) is 15.4. The van der Waals surface area contributed by atoms with Gasteiger partial charge in [0.25, 0.3) is 5.56 Å². The average molecular weight is 351 g/mol. The summed E-state index contributed by atoms with van der Waals surface area (Å²) in [7, 11) is 0. The molecule has 0 amide bonds. The summed E-state index contributed by atoms with van der Waals surface area (Å²) in [5, 5.41) is 4.40. The summed E-state index contributed by atoms with van der Waals surface area (Å²) in [4.78, 5) is 28.6. The standard InChI is InChI=1S/C18H21N7O/c1-12-10-17(25-15(20-12)4-5-19-25)23-6-8-24(9-7-23)18-21-14(13-2-3-13)11-16(26)22-18/h4-5,10-11,13H,2-3,6-9H2,1H3,(H,21,22,26). The number of anilines is 2. The molecule has 1 saturated carbocycles. The molecule has 2 fully saturated rings. The molecule has 4 heterocycles. The minimum atomic E-state index is -0.0534. The Balaban J connectivity index is 1.38. The average Bonchev–Trinajstić information content (AvgIpc) is 3.39. The fraction of sp³-hybridized carbons (Fsp3) is 0.444. The third-order valence-corrected chi connectivity index (χ3v) is 5.12. The van der Waals surface area contributed by atoms with Gasteiger partial charge in [-0.3, -0.25) is 9.78 Å². The SMILES string of the molecule is Cc1cc(N2CCN(c3nc(C4CC4)cc(=O)[nH]3)CC2)n2nccc2n1. The van der Waals surface area contributed by atoms with Crippen LogP contribution < -0.4 is 15.4 Å². The third-order valence-electron chi connectivity index (χ3n) is 5.12. The van der Waals surface area contributed by atoms with Crippen LogP contribution in [0.4, 0.5) is 11.8 Å². The van der Waals surface area contributed by atoms with E-state index in [1.54, 1.807) is 12.3 Å². The molecule has 0 aromatic carbocycles. The highest BCUT2D eigenvalue weighted by molar-refractivity contribution is 5.51. The first-order valence-electron chi connectivity index (χ1n) is 9.10. The molecule has 1 N–H and O–H groups in total. The third kappa shape index (κ3) is 2.71. The van der Waals surface area contributed by atoms with Crippen molar-refractivity contribution in [2.75, 3.05) is 36.0 Å². The van der Waals surface area contributed by atoms with Crippen LogP contribution in [0.15, 0.2) is 29.2 Å². The van der Waals surface area contributed by atoms with Crippen molar-refractivity contribution in [2.24, 2.45) is 0 Å². The fourth-order valence-electron chi connectivity index (χ4n) is 3.59. The van der Waals surface area contributed by atoms with Crippen LogP contribution >= 0.6 is 0 Å². The van der Waals surface area contributed by atoms with Gasteiger partial charge in [0.15, 0.2) is 5.65 Å². The molecular formula is C18H21N7O. The lowest BCUT2D eigenvalue weighted by Crippen LogP contribution is -2.48. The first-order valence-corrected chi connectivity index (χ1v) is 9.10. The summed E-state index contributed by atoms with van der Waals surface area (Å²) < 4.78 is 1.89. The van der Waals surface area contributed by atoms with Crippen LogP contribution in [0.5, 0.6) is 0 Å². The Bertz CT molecular complexity index is 1010. The van der Waals surface area contributed by atoms with E-state index in [1.807, 2.05) is 17.5 Å². The number of nitrogens with one attached hydrogen (secondary N) is 1. The van der Waals surface area contributed by atoms with Crippen LogP contribution in [0, 0.1) is 6.92 Å². The number of piperazine rings is 1. The largest absolute Gasteiger partial charge is 0.353 e. The van der Waals surface area contributed by atoms with Crippen LogP contribution in [0.2, 0.25) is 0 Å². The van der Waals surface area contributed by atoms with Crippen molar-refractivity contribution in [3.05, 3.63) is 46.1 Å². The number of aromatic amines is 1. The summed E-state index contributed by atoms with van der Waals surface area (Å²) in [6, 6.07) is 5.64. The number of rotatable bonds is 3. The van der Waals surface area contributed by atoms with Crippen LogP contribution in [0.3, 0.4) is 0 Å². The quantitative estimate of drug-likeness (QED) is 0.766. The molecule has 134 valence electrons. The second kappa shape index (κ2) is 5.82. The molecule has 0 atom stereocenters. The summed E-state index contributed by atoms with van der Waals surface area (Å²) in [6.07, 6.45) is 4.06. The molecular weight excluding hydrogens is 330 g/mol. The normalized spacial score (nSPS) is 17.9. The van der Waals surface area contributed by atoms with E-state index < -0.39 is 0 Å². The van der Waals surface area contributed by atoms with Crippen molar-refractivity contribution >= 4 is 17.4 Å². The second-order valence-electron chi connectivity index (χ2n) is 7.10. The van der Waals surface area contributed by atoms with Crippen molar-refractivity contribution in [1.29, 1.82) is 0 Å². The zero-order chi connectivity index (χ0) is 17.7. The zero-order valence-electron chi connectivity index (χ0n) is 14.7. The maximum atomic E-state index is 12.0. The van der Waals surface area contributed by atoms with Gasteiger partial charge in [0.2, 0.25) is 5.95 Å². The molecule has 3 aromatic heterocycles. The highest BCUT2D eigenvalue weighted by Gasteiger charge is 2.27. The monoisotopic (exact) mass is 351 g/mol. The Morgan fingerprint density at radius 3 is 2.62 bits per heavy atom. The molecule has 0 radical (unpaired) electrons. The summed E-state index contributed by atoms with van der Waals surface area (Å²) in [5.41, 5.74) is 2.74. The predicted molar refractivity (Wildman–Crippen MR) is 99.0 cm³/mol. The van der Waals surface area contributed by atoms with Crippen molar-refractivity contribution in [1.82, 2.24) is 24.6 Å². The van der Waals surface area contributed by atoms with E-state index in [1.165, 1.54) is 0 Å². The topological polar surface area (TPSA) is 82.4 Å². The van der Waals surface area contributed by atoms with Gasteiger partial charge < -0.3 is 9.80 Å². The van der Waals surface area contributed by atoms with Gasteiger partial charge in [0, 0.05) is 56.0 Å². The van der Waals surface area contributed by atoms with Crippen molar-refractivity contribution in [2.45, 2.75) is 25.7 Å². The van der Waals surface area contributed by atoms with Gasteiger partial charge >= 0.3 is 0 Å². The maximum Gasteiger partial charge on any atom is 0.252 e. The fourth-order valence-corrected chi connectivity index (χ4v) is 3.59. The van der Waals surface area contributed by atoms with Crippen LogP contribution in [0.1, 0.15) is 30.1 Å². The Morgan fingerprint density at radius 1 is 1.08 bits per heavy atom. The van der Waals surface area contributed by atoms with E-state index in [2.05, 4.69) is 30.9 Å². The molecule has 1 aliphatic carbocycles. The lowest BCUT2D eigenvalue weighted by molar-refractivity contribution is 0.624. The highest BCUT2D eigenvalue weighted by Crippen LogP contribution is 2.38. The lowest BCUT2D eigenvalue weighted by atomic mass is 10.3. The van der Waals surface area contributed by atoms with Crippen molar-refractivity contribution < 1.29 is 0 Å². The van der Waals surface area contributed by atoms with E-state index >= 15 is 0 Å². The number of hydrogen-bond donors (Lipinski definition) is 1. The van der Waals surface area contributed by atoms with E-state index in [9.17, 15) is 4.79 Å². The highest BCUT2D eigenvalue weighted by atomic mass is 16.1. The first-order chi connectivity index (χ1) is 12.7. The minimum Gasteiger partial charge on any atom is -0.353 e. The van der Waals surface area contributed by atoms with Crippen molar-refractivity contribution in [3.63, 3.8) is 0 Å². The van der Waals surface area contributed by atoms with Gasteiger partial charge in [-0.05, 0) is 19.8 Å². The number of H-pyrrole nitrogens is 1. The zero-order valence-corrected chi connectivity index (χ0v) is 14.7. The van der Waals surface area contributed by atoms with E-state index in [0.717, 1.165) is 61.9 Å². The summed E-state index contributed by atoms with van der Waals surface area (Å²) in [6.45, 7) is 5.30. The molecule has 0 bridgehead atoms. The molecule has 1 saturated heterocycles. The van der Waals surface area contributed by atoms with E-state index in [4.69, 9.17) is 4.98 Å². The molecule has 26 heavy (non-hydrogen) atoms. The molecule has 8 heteroatoms. The van der Waals surface area contributed by atoms with Gasteiger partial charge in [-0.1, -0.05) is 0 Å². The predicted octanol–water partition coefficient (Wildman–Crippen LogP) is 1.33. The number of aromatic nitrogens is 5. The van der Waals surface area contributed by atoms with Crippen molar-refractivity contribution in [3.8, 4) is 0 Å².